The van der Waals surface area contributed by atoms with Gasteiger partial charge in [-0.15, -0.1) is 0 Å². The van der Waals surface area contributed by atoms with Crippen molar-refractivity contribution < 1.29 is 15.1 Å². The van der Waals surface area contributed by atoms with Crippen molar-refractivity contribution >= 4 is 17.1 Å². The zero-order chi connectivity index (χ0) is 20.3. The molecule has 1 saturated heterocycles. The van der Waals surface area contributed by atoms with Crippen molar-refractivity contribution in [3.05, 3.63) is 79.9 Å². The molecule has 0 aliphatic carbocycles. The number of nitro groups is 2. The molecule has 1 aliphatic rings. The topological polar surface area (TPSA) is 131 Å². The van der Waals surface area contributed by atoms with E-state index in [2.05, 4.69) is 10.5 Å². The van der Waals surface area contributed by atoms with Crippen LogP contribution in [0.5, 0.6) is 0 Å². The number of non-ortho nitro benzene ring substituents is 2. The van der Waals surface area contributed by atoms with Gasteiger partial charge < -0.3 is 10.5 Å². The largest absolute Gasteiger partial charge is 0.411 e. The summed E-state index contributed by atoms with van der Waals surface area (Å²) in [6.45, 7) is 1.99. The Bertz CT molecular complexity index is 896. The van der Waals surface area contributed by atoms with Crippen molar-refractivity contribution in [3.63, 3.8) is 0 Å². The summed E-state index contributed by atoms with van der Waals surface area (Å²) in [5, 5.41) is 38.3. The maximum absolute atomic E-state index is 10.9. The van der Waals surface area contributed by atoms with E-state index < -0.39 is 9.85 Å². The van der Waals surface area contributed by atoms with Gasteiger partial charge in [0, 0.05) is 48.7 Å². The summed E-state index contributed by atoms with van der Waals surface area (Å²) < 4.78 is 0. The number of benzene rings is 2. The summed E-state index contributed by atoms with van der Waals surface area (Å²) in [6.07, 6.45) is 1.19. The molecule has 2 N–H and O–H groups in total. The first-order chi connectivity index (χ1) is 13.4. The molecule has 0 aromatic heterocycles. The molecule has 28 heavy (non-hydrogen) atoms. The summed E-state index contributed by atoms with van der Waals surface area (Å²) in [5.41, 5.74) is 2.34. The van der Waals surface area contributed by atoms with E-state index in [1.54, 1.807) is 24.3 Å². The number of oxime groups is 1. The van der Waals surface area contributed by atoms with Crippen LogP contribution in [0.25, 0.3) is 0 Å². The number of rotatable bonds is 5. The molecule has 0 amide bonds. The Morgan fingerprint density at radius 3 is 1.93 bits per heavy atom. The minimum absolute atomic E-state index is 0.00830. The lowest BCUT2D eigenvalue weighted by molar-refractivity contribution is -0.385. The van der Waals surface area contributed by atoms with Gasteiger partial charge in [-0.25, -0.2) is 0 Å². The third kappa shape index (κ3) is 3.84. The maximum atomic E-state index is 10.9. The highest BCUT2D eigenvalue weighted by molar-refractivity contribution is 5.88. The van der Waals surface area contributed by atoms with Crippen molar-refractivity contribution in [3.8, 4) is 0 Å². The highest BCUT2D eigenvalue weighted by atomic mass is 16.6. The molecule has 2 aromatic carbocycles. The van der Waals surface area contributed by atoms with E-state index in [0.717, 1.165) is 17.5 Å². The van der Waals surface area contributed by atoms with Crippen LogP contribution in [0.1, 0.15) is 43.0 Å². The van der Waals surface area contributed by atoms with Crippen molar-refractivity contribution in [2.75, 3.05) is 0 Å². The molecule has 3 rings (SSSR count). The highest BCUT2D eigenvalue weighted by Gasteiger charge is 2.36. The predicted octanol–water partition coefficient (Wildman–Crippen LogP) is 4.14. The molecule has 0 radical (unpaired) electrons. The lowest BCUT2D eigenvalue weighted by Crippen LogP contribution is -2.42. The van der Waals surface area contributed by atoms with Gasteiger partial charge in [0.2, 0.25) is 0 Å². The standard InChI is InChI=1S/C19H20N4O5/c1-2-16-18(21-24)11-17(12-3-7-14(8-4-12)22(25)26)20-19(16)13-5-9-15(10-6-13)23(27)28/h3-10,16-17,19-20,24H,2,11H2,1H3/b21-18+/t16-,17-,19+/m1/s1. The van der Waals surface area contributed by atoms with Gasteiger partial charge in [-0.05, 0) is 17.5 Å². The Balaban J connectivity index is 1.93. The SMILES string of the molecule is CC[C@@H]1/C(=N/O)C[C@H](c2ccc([N+](=O)[O-])cc2)N[C@H]1c1ccc([N+](=O)[O-])cc1. The molecule has 0 saturated carbocycles. The Morgan fingerprint density at radius 2 is 1.50 bits per heavy atom. The molecule has 9 heteroatoms. The zero-order valence-electron chi connectivity index (χ0n) is 15.2. The van der Waals surface area contributed by atoms with Crippen molar-refractivity contribution in [1.29, 1.82) is 0 Å². The van der Waals surface area contributed by atoms with Crippen molar-refractivity contribution in [2.45, 2.75) is 31.8 Å². The maximum Gasteiger partial charge on any atom is 0.269 e. The molecule has 0 spiro atoms. The fourth-order valence-corrected chi connectivity index (χ4v) is 3.71. The van der Waals surface area contributed by atoms with Gasteiger partial charge >= 0.3 is 0 Å². The monoisotopic (exact) mass is 384 g/mol. The van der Waals surface area contributed by atoms with E-state index in [-0.39, 0.29) is 29.4 Å². The van der Waals surface area contributed by atoms with E-state index in [0.29, 0.717) is 12.1 Å². The number of nitrogens with one attached hydrogen (secondary N) is 1. The Morgan fingerprint density at radius 1 is 1.00 bits per heavy atom. The van der Waals surface area contributed by atoms with Crippen LogP contribution in [0.2, 0.25) is 0 Å². The summed E-state index contributed by atoms with van der Waals surface area (Å²) in [6, 6.07) is 12.2. The molecule has 0 bridgehead atoms. The normalized spacial score (nSPS) is 23.5. The average molecular weight is 384 g/mol. The molecule has 3 atom stereocenters. The predicted molar refractivity (Wildman–Crippen MR) is 102 cm³/mol. The van der Waals surface area contributed by atoms with Crippen LogP contribution in [-0.4, -0.2) is 20.8 Å². The second kappa shape index (κ2) is 8.13. The van der Waals surface area contributed by atoms with Crippen LogP contribution in [-0.2, 0) is 0 Å². The minimum Gasteiger partial charge on any atom is -0.411 e. The van der Waals surface area contributed by atoms with Gasteiger partial charge in [-0.3, -0.25) is 20.2 Å². The molecule has 1 fully saturated rings. The van der Waals surface area contributed by atoms with Crippen LogP contribution in [0.15, 0.2) is 53.7 Å². The van der Waals surface area contributed by atoms with Crippen molar-refractivity contribution in [2.24, 2.45) is 11.1 Å². The van der Waals surface area contributed by atoms with Crippen LogP contribution in [0, 0.1) is 26.1 Å². The zero-order valence-corrected chi connectivity index (χ0v) is 15.2. The van der Waals surface area contributed by atoms with E-state index in [1.807, 2.05) is 6.92 Å². The number of piperidine rings is 1. The summed E-state index contributed by atoms with van der Waals surface area (Å²) >= 11 is 0. The summed E-state index contributed by atoms with van der Waals surface area (Å²) in [7, 11) is 0. The van der Waals surface area contributed by atoms with E-state index in [1.165, 1.54) is 24.3 Å². The number of nitrogens with zero attached hydrogens (tertiary/aromatic N) is 3. The first-order valence-electron chi connectivity index (χ1n) is 8.90. The van der Waals surface area contributed by atoms with E-state index in [9.17, 15) is 25.4 Å². The van der Waals surface area contributed by atoms with Crippen LogP contribution in [0.3, 0.4) is 0 Å². The minimum atomic E-state index is -0.453. The third-order valence-corrected chi connectivity index (χ3v) is 5.16. The molecular weight excluding hydrogens is 364 g/mol. The highest BCUT2D eigenvalue weighted by Crippen LogP contribution is 2.37. The Kier molecular flexibility index (Phi) is 5.65. The van der Waals surface area contributed by atoms with Gasteiger partial charge in [-0.1, -0.05) is 36.3 Å². The molecular formula is C19H20N4O5. The Labute approximate surface area is 161 Å². The van der Waals surface area contributed by atoms with Crippen molar-refractivity contribution in [1.82, 2.24) is 5.32 Å². The second-order valence-corrected chi connectivity index (χ2v) is 6.70. The lowest BCUT2D eigenvalue weighted by atomic mass is 9.79. The lowest BCUT2D eigenvalue weighted by Gasteiger charge is -2.38. The Hall–Kier alpha value is -3.33. The third-order valence-electron chi connectivity index (χ3n) is 5.16. The van der Waals surface area contributed by atoms with Gasteiger partial charge in [0.1, 0.15) is 0 Å². The molecule has 1 heterocycles. The fraction of sp³-hybridized carbons (Fsp3) is 0.316. The van der Waals surface area contributed by atoms with Crippen LogP contribution < -0.4 is 5.32 Å². The molecule has 0 unspecified atom stereocenters. The molecule has 2 aromatic rings. The first-order valence-corrected chi connectivity index (χ1v) is 8.90. The smallest absolute Gasteiger partial charge is 0.269 e. The van der Waals surface area contributed by atoms with Gasteiger partial charge in [0.25, 0.3) is 11.4 Å². The quantitative estimate of drug-likeness (QED) is 0.452. The molecule has 9 nitrogen and oxygen atoms in total. The van der Waals surface area contributed by atoms with E-state index in [4.69, 9.17) is 0 Å². The number of nitro benzene ring substituents is 2. The van der Waals surface area contributed by atoms with Gasteiger partial charge in [0.15, 0.2) is 0 Å². The molecule has 146 valence electrons. The molecule has 1 aliphatic heterocycles. The summed E-state index contributed by atoms with van der Waals surface area (Å²) in [4.78, 5) is 20.9. The van der Waals surface area contributed by atoms with Crippen LogP contribution in [0.4, 0.5) is 11.4 Å². The van der Waals surface area contributed by atoms with E-state index >= 15 is 0 Å². The average Bonchev–Trinajstić information content (AvgIpc) is 2.72. The summed E-state index contributed by atoms with van der Waals surface area (Å²) in [5.74, 6) is -0.0687. The van der Waals surface area contributed by atoms with Crippen LogP contribution >= 0.6 is 0 Å². The number of hydrogen-bond donors (Lipinski definition) is 2. The fourth-order valence-electron chi connectivity index (χ4n) is 3.71. The first kappa shape index (κ1) is 19.4. The van der Waals surface area contributed by atoms with Gasteiger partial charge in [-0.2, -0.15) is 0 Å². The number of hydrogen-bond acceptors (Lipinski definition) is 7. The second-order valence-electron chi connectivity index (χ2n) is 6.70. The van der Waals surface area contributed by atoms with Gasteiger partial charge in [0.05, 0.1) is 15.6 Å².